The molecule has 0 aromatic rings. The fraction of sp³-hybridized carbons (Fsp3) is 0.833. The molecule has 0 aromatic carbocycles. The monoisotopic (exact) mass is 261 g/mol. The average Bonchev–Trinajstić information content (AvgIpc) is 2.30. The summed E-state index contributed by atoms with van der Waals surface area (Å²) in [4.78, 5) is 21.4. The van der Waals surface area contributed by atoms with Gasteiger partial charge in [-0.25, -0.2) is 0 Å². The van der Waals surface area contributed by atoms with Crippen LogP contribution in [0.15, 0.2) is 0 Å². The molecule has 0 amide bonds. The molecular formula is C12H23NO5. The van der Waals surface area contributed by atoms with Gasteiger partial charge in [0.2, 0.25) is 0 Å². The lowest BCUT2D eigenvalue weighted by Crippen LogP contribution is -2.37. The Labute approximate surface area is 108 Å². The number of esters is 2. The summed E-state index contributed by atoms with van der Waals surface area (Å²) in [5, 5.41) is 0. The maximum Gasteiger partial charge on any atom is 0.302 e. The molecule has 0 rings (SSSR count). The second-order valence-electron chi connectivity index (χ2n) is 4.34. The molecule has 106 valence electrons. The molecular weight excluding hydrogens is 238 g/mol. The minimum absolute atomic E-state index is 0.0878. The highest BCUT2D eigenvalue weighted by Gasteiger charge is 2.20. The van der Waals surface area contributed by atoms with Crippen molar-refractivity contribution in [3.8, 4) is 0 Å². The Balaban J connectivity index is 4.03. The minimum Gasteiger partial charge on any atom is -0.464 e. The summed E-state index contributed by atoms with van der Waals surface area (Å²) in [7, 11) is 1.55. The number of ether oxygens (including phenoxy) is 3. The van der Waals surface area contributed by atoms with Crippen molar-refractivity contribution < 1.29 is 23.8 Å². The Morgan fingerprint density at radius 2 is 1.61 bits per heavy atom. The van der Waals surface area contributed by atoms with Crippen LogP contribution in [0.4, 0.5) is 0 Å². The van der Waals surface area contributed by atoms with Crippen molar-refractivity contribution in [1.29, 1.82) is 0 Å². The topological polar surface area (TPSA) is 87.8 Å². The van der Waals surface area contributed by atoms with E-state index in [0.717, 1.165) is 0 Å². The molecule has 2 N–H and O–H groups in total. The first-order valence-electron chi connectivity index (χ1n) is 5.91. The van der Waals surface area contributed by atoms with E-state index in [1.54, 1.807) is 7.11 Å². The molecule has 0 radical (unpaired) electrons. The maximum absolute atomic E-state index is 10.7. The van der Waals surface area contributed by atoms with Gasteiger partial charge in [-0.1, -0.05) is 6.92 Å². The van der Waals surface area contributed by atoms with E-state index in [1.807, 2.05) is 6.92 Å². The molecule has 18 heavy (non-hydrogen) atoms. The van der Waals surface area contributed by atoms with Crippen LogP contribution < -0.4 is 5.73 Å². The molecule has 0 bridgehead atoms. The van der Waals surface area contributed by atoms with Gasteiger partial charge in [0.1, 0.15) is 13.2 Å². The van der Waals surface area contributed by atoms with E-state index in [9.17, 15) is 9.59 Å². The lowest BCUT2D eigenvalue weighted by molar-refractivity contribution is -0.145. The number of rotatable bonds is 8. The predicted octanol–water partition coefficient (Wildman–Crippen LogP) is 0.481. The Kier molecular flexibility index (Phi) is 8.32. The first kappa shape index (κ1) is 16.9. The largest absolute Gasteiger partial charge is 0.464 e. The van der Waals surface area contributed by atoms with E-state index in [0.29, 0.717) is 6.42 Å². The van der Waals surface area contributed by atoms with Crippen LogP contribution in [0.1, 0.15) is 27.2 Å². The van der Waals surface area contributed by atoms with Gasteiger partial charge in [-0.15, -0.1) is 0 Å². The predicted molar refractivity (Wildman–Crippen MR) is 65.8 cm³/mol. The average molecular weight is 261 g/mol. The van der Waals surface area contributed by atoms with E-state index in [4.69, 9.17) is 19.9 Å². The summed E-state index contributed by atoms with van der Waals surface area (Å²) >= 11 is 0. The number of nitrogens with two attached hydrogens (primary N) is 1. The third kappa shape index (κ3) is 8.03. The maximum atomic E-state index is 10.7. The molecule has 0 aliphatic heterocycles. The van der Waals surface area contributed by atoms with Gasteiger partial charge in [0, 0.05) is 27.0 Å². The first-order valence-corrected chi connectivity index (χ1v) is 5.91. The summed E-state index contributed by atoms with van der Waals surface area (Å²) in [6, 6.07) is -0.260. The Bertz CT molecular complexity index is 269. The molecule has 0 aliphatic carbocycles. The van der Waals surface area contributed by atoms with E-state index < -0.39 is 0 Å². The van der Waals surface area contributed by atoms with Crippen LogP contribution in [0.3, 0.4) is 0 Å². The Morgan fingerprint density at radius 1 is 1.11 bits per heavy atom. The minimum atomic E-state index is -0.346. The van der Waals surface area contributed by atoms with Crippen molar-refractivity contribution in [1.82, 2.24) is 0 Å². The molecule has 0 heterocycles. The van der Waals surface area contributed by atoms with Crippen LogP contribution in [0.25, 0.3) is 0 Å². The zero-order valence-electron chi connectivity index (χ0n) is 11.5. The molecule has 0 saturated heterocycles. The van der Waals surface area contributed by atoms with E-state index in [-0.39, 0.29) is 43.2 Å². The van der Waals surface area contributed by atoms with Gasteiger partial charge in [-0.2, -0.15) is 0 Å². The van der Waals surface area contributed by atoms with Gasteiger partial charge in [0.05, 0.1) is 6.10 Å². The van der Waals surface area contributed by atoms with Gasteiger partial charge in [-0.05, 0) is 12.3 Å². The molecule has 6 heteroatoms. The summed E-state index contributed by atoms with van der Waals surface area (Å²) in [6.07, 6.45) is 0.430. The highest BCUT2D eigenvalue weighted by molar-refractivity contribution is 5.66. The van der Waals surface area contributed by atoms with Crippen molar-refractivity contribution in [2.24, 2.45) is 11.7 Å². The number of carbonyl (C=O) groups excluding carboxylic acids is 2. The quantitative estimate of drug-likeness (QED) is 0.639. The Morgan fingerprint density at radius 3 is 2.06 bits per heavy atom. The standard InChI is InChI=1S/C12H23NO5/c1-8(12(13)7-18-10(3)15)5-11(16-4)6-17-9(2)14/h8,11-12H,5-7,13H2,1-4H3/t8-,11?,12?/m0/s1. The molecule has 0 aliphatic rings. The molecule has 0 fully saturated rings. The normalized spacial score (nSPS) is 15.6. The zero-order chi connectivity index (χ0) is 14.1. The van der Waals surface area contributed by atoms with Gasteiger partial charge >= 0.3 is 11.9 Å². The van der Waals surface area contributed by atoms with Gasteiger partial charge in [0.15, 0.2) is 0 Å². The smallest absolute Gasteiger partial charge is 0.302 e. The molecule has 6 nitrogen and oxygen atoms in total. The SMILES string of the molecule is COC(COC(C)=O)C[C@H](C)C(N)COC(C)=O. The van der Waals surface area contributed by atoms with Gasteiger partial charge in [0.25, 0.3) is 0 Å². The van der Waals surface area contributed by atoms with Crippen molar-refractivity contribution in [2.75, 3.05) is 20.3 Å². The molecule has 0 spiro atoms. The highest BCUT2D eigenvalue weighted by atomic mass is 16.6. The van der Waals surface area contributed by atoms with E-state index in [2.05, 4.69) is 0 Å². The molecule has 3 atom stereocenters. The third-order valence-electron chi connectivity index (χ3n) is 2.65. The highest BCUT2D eigenvalue weighted by Crippen LogP contribution is 2.12. The van der Waals surface area contributed by atoms with Crippen molar-refractivity contribution in [3.63, 3.8) is 0 Å². The van der Waals surface area contributed by atoms with Crippen LogP contribution in [0, 0.1) is 5.92 Å². The summed E-state index contributed by atoms with van der Waals surface area (Å²) in [6.45, 7) is 5.02. The van der Waals surface area contributed by atoms with Crippen molar-refractivity contribution >= 4 is 11.9 Å². The van der Waals surface area contributed by atoms with E-state index in [1.165, 1.54) is 13.8 Å². The second-order valence-corrected chi connectivity index (χ2v) is 4.34. The van der Waals surface area contributed by atoms with Crippen LogP contribution >= 0.6 is 0 Å². The van der Waals surface area contributed by atoms with Crippen LogP contribution in [0.5, 0.6) is 0 Å². The fourth-order valence-corrected chi connectivity index (χ4v) is 1.41. The van der Waals surface area contributed by atoms with Gasteiger partial charge < -0.3 is 19.9 Å². The second kappa shape index (κ2) is 8.88. The zero-order valence-corrected chi connectivity index (χ0v) is 11.5. The van der Waals surface area contributed by atoms with Crippen molar-refractivity contribution in [2.45, 2.75) is 39.3 Å². The van der Waals surface area contributed by atoms with Gasteiger partial charge in [-0.3, -0.25) is 9.59 Å². The first-order chi connectivity index (χ1) is 8.36. The third-order valence-corrected chi connectivity index (χ3v) is 2.65. The molecule has 0 saturated carbocycles. The lowest BCUT2D eigenvalue weighted by atomic mass is 9.96. The fourth-order valence-electron chi connectivity index (χ4n) is 1.41. The van der Waals surface area contributed by atoms with E-state index >= 15 is 0 Å². The molecule has 2 unspecified atom stereocenters. The summed E-state index contributed by atoms with van der Waals surface area (Å²) < 4.78 is 14.9. The number of methoxy groups -OCH3 is 1. The van der Waals surface area contributed by atoms with Crippen molar-refractivity contribution in [3.05, 3.63) is 0 Å². The number of hydrogen-bond acceptors (Lipinski definition) is 6. The number of carbonyl (C=O) groups is 2. The Hall–Kier alpha value is -1.14. The van der Waals surface area contributed by atoms with Crippen LogP contribution in [-0.2, 0) is 23.8 Å². The number of hydrogen-bond donors (Lipinski definition) is 1. The van der Waals surface area contributed by atoms with Crippen LogP contribution in [0.2, 0.25) is 0 Å². The summed E-state index contributed by atoms with van der Waals surface area (Å²) in [5.41, 5.74) is 5.88. The lowest BCUT2D eigenvalue weighted by Gasteiger charge is -2.23. The van der Waals surface area contributed by atoms with Crippen LogP contribution in [-0.4, -0.2) is 44.4 Å². The summed E-state index contributed by atoms with van der Waals surface area (Å²) in [5.74, 6) is -0.598. The molecule has 0 aromatic heterocycles.